The SMILES string of the molecule is O=c1ncccn1C1CCC(COc2ccccc2)O1. The van der Waals surface area contributed by atoms with Gasteiger partial charge in [-0.3, -0.25) is 4.57 Å². The predicted molar refractivity (Wildman–Crippen MR) is 73.6 cm³/mol. The molecule has 104 valence electrons. The fourth-order valence-electron chi connectivity index (χ4n) is 2.31. The van der Waals surface area contributed by atoms with Gasteiger partial charge in [-0.2, -0.15) is 0 Å². The molecule has 2 aromatic rings. The molecule has 0 radical (unpaired) electrons. The Morgan fingerprint density at radius 2 is 2.10 bits per heavy atom. The number of benzene rings is 1. The molecule has 2 atom stereocenters. The van der Waals surface area contributed by atoms with Gasteiger partial charge >= 0.3 is 5.69 Å². The van der Waals surface area contributed by atoms with Crippen LogP contribution < -0.4 is 10.4 Å². The molecule has 0 spiro atoms. The van der Waals surface area contributed by atoms with Crippen molar-refractivity contribution >= 4 is 0 Å². The molecule has 2 heterocycles. The highest BCUT2D eigenvalue weighted by Crippen LogP contribution is 2.27. The van der Waals surface area contributed by atoms with Crippen LogP contribution in [0.25, 0.3) is 0 Å². The van der Waals surface area contributed by atoms with E-state index in [1.165, 1.54) is 10.8 Å². The molecule has 3 rings (SSSR count). The lowest BCUT2D eigenvalue weighted by atomic mass is 10.2. The van der Waals surface area contributed by atoms with E-state index in [4.69, 9.17) is 9.47 Å². The average molecular weight is 272 g/mol. The summed E-state index contributed by atoms with van der Waals surface area (Å²) in [6.45, 7) is 0.496. The lowest BCUT2D eigenvalue weighted by molar-refractivity contribution is -0.0199. The van der Waals surface area contributed by atoms with Crippen molar-refractivity contribution in [1.82, 2.24) is 9.55 Å². The normalized spacial score (nSPS) is 21.8. The zero-order valence-electron chi connectivity index (χ0n) is 11.0. The first-order chi connectivity index (χ1) is 9.83. The summed E-state index contributed by atoms with van der Waals surface area (Å²) >= 11 is 0. The third-order valence-corrected chi connectivity index (χ3v) is 3.31. The smallest absolute Gasteiger partial charge is 0.349 e. The van der Waals surface area contributed by atoms with E-state index in [0.29, 0.717) is 6.61 Å². The number of aromatic nitrogens is 2. The molecule has 1 aromatic heterocycles. The minimum Gasteiger partial charge on any atom is -0.491 e. The molecule has 1 aromatic carbocycles. The van der Waals surface area contributed by atoms with Gasteiger partial charge in [-0.1, -0.05) is 18.2 Å². The van der Waals surface area contributed by atoms with Crippen molar-refractivity contribution in [3.05, 3.63) is 59.3 Å². The topological polar surface area (TPSA) is 53.4 Å². The molecule has 20 heavy (non-hydrogen) atoms. The van der Waals surface area contributed by atoms with Gasteiger partial charge in [-0.25, -0.2) is 9.78 Å². The Hall–Kier alpha value is -2.14. The number of rotatable bonds is 4. The summed E-state index contributed by atoms with van der Waals surface area (Å²) < 4.78 is 13.1. The predicted octanol–water partition coefficient (Wildman–Crippen LogP) is 2.00. The minimum atomic E-state index is -0.276. The standard InChI is InChI=1S/C15H16N2O3/c18-15-16-9-4-10-17(15)14-8-7-13(20-14)11-19-12-5-2-1-3-6-12/h1-6,9-10,13-14H,7-8,11H2. The Balaban J connectivity index is 1.58. The monoisotopic (exact) mass is 272 g/mol. The zero-order chi connectivity index (χ0) is 13.8. The molecule has 1 fully saturated rings. The van der Waals surface area contributed by atoms with Gasteiger partial charge < -0.3 is 9.47 Å². The summed E-state index contributed by atoms with van der Waals surface area (Å²) in [5.41, 5.74) is -0.276. The Kier molecular flexibility index (Phi) is 3.78. The zero-order valence-corrected chi connectivity index (χ0v) is 11.0. The van der Waals surface area contributed by atoms with Crippen molar-refractivity contribution in [2.45, 2.75) is 25.2 Å². The molecule has 0 saturated carbocycles. The van der Waals surface area contributed by atoms with Gasteiger partial charge in [0, 0.05) is 12.4 Å². The summed E-state index contributed by atoms with van der Waals surface area (Å²) in [5, 5.41) is 0. The van der Waals surface area contributed by atoms with E-state index >= 15 is 0 Å². The Morgan fingerprint density at radius 1 is 1.25 bits per heavy atom. The van der Waals surface area contributed by atoms with Crippen molar-refractivity contribution in [1.29, 1.82) is 0 Å². The molecule has 1 aliphatic rings. The second-order valence-electron chi connectivity index (χ2n) is 4.72. The van der Waals surface area contributed by atoms with E-state index in [0.717, 1.165) is 18.6 Å². The molecule has 5 heteroatoms. The lowest BCUT2D eigenvalue weighted by Crippen LogP contribution is -2.27. The largest absolute Gasteiger partial charge is 0.491 e. The van der Waals surface area contributed by atoms with Crippen LogP contribution in [-0.2, 0) is 4.74 Å². The molecule has 0 amide bonds. The van der Waals surface area contributed by atoms with Gasteiger partial charge in [0.2, 0.25) is 0 Å². The first-order valence-electron chi connectivity index (χ1n) is 6.69. The van der Waals surface area contributed by atoms with E-state index in [1.54, 1.807) is 12.3 Å². The number of para-hydroxylation sites is 1. The number of hydrogen-bond acceptors (Lipinski definition) is 4. The fraction of sp³-hybridized carbons (Fsp3) is 0.333. The van der Waals surface area contributed by atoms with Crippen LogP contribution in [0, 0.1) is 0 Å². The van der Waals surface area contributed by atoms with E-state index in [1.807, 2.05) is 30.3 Å². The molecule has 1 aliphatic heterocycles. The second-order valence-corrected chi connectivity index (χ2v) is 4.72. The minimum absolute atomic E-state index is 0.00677. The van der Waals surface area contributed by atoms with Crippen LogP contribution in [0.2, 0.25) is 0 Å². The van der Waals surface area contributed by atoms with E-state index in [-0.39, 0.29) is 18.0 Å². The van der Waals surface area contributed by atoms with Crippen LogP contribution in [0.3, 0.4) is 0 Å². The van der Waals surface area contributed by atoms with Gasteiger partial charge in [-0.15, -0.1) is 0 Å². The molecule has 1 saturated heterocycles. The lowest BCUT2D eigenvalue weighted by Gasteiger charge is -2.15. The van der Waals surface area contributed by atoms with Gasteiger partial charge in [0.15, 0.2) is 0 Å². The number of ether oxygens (including phenoxy) is 2. The van der Waals surface area contributed by atoms with E-state index < -0.39 is 0 Å². The van der Waals surface area contributed by atoms with Crippen molar-refractivity contribution in [2.24, 2.45) is 0 Å². The van der Waals surface area contributed by atoms with Crippen molar-refractivity contribution < 1.29 is 9.47 Å². The van der Waals surface area contributed by atoms with E-state index in [2.05, 4.69) is 4.98 Å². The summed E-state index contributed by atoms with van der Waals surface area (Å²) in [5.74, 6) is 0.832. The van der Waals surface area contributed by atoms with Crippen LogP contribution in [0.1, 0.15) is 19.1 Å². The van der Waals surface area contributed by atoms with Crippen molar-refractivity contribution in [3.63, 3.8) is 0 Å². The van der Waals surface area contributed by atoms with E-state index in [9.17, 15) is 4.79 Å². The third kappa shape index (κ3) is 2.88. The van der Waals surface area contributed by atoms with Crippen LogP contribution in [0.4, 0.5) is 0 Å². The highest BCUT2D eigenvalue weighted by atomic mass is 16.6. The van der Waals surface area contributed by atoms with Gasteiger partial charge in [0.1, 0.15) is 18.6 Å². The molecule has 2 unspecified atom stereocenters. The molecular formula is C15H16N2O3. The summed E-state index contributed by atoms with van der Waals surface area (Å²) in [4.78, 5) is 15.4. The number of hydrogen-bond donors (Lipinski definition) is 0. The van der Waals surface area contributed by atoms with Crippen LogP contribution in [0.5, 0.6) is 5.75 Å². The second kappa shape index (κ2) is 5.88. The molecule has 5 nitrogen and oxygen atoms in total. The molecule has 0 aliphatic carbocycles. The summed E-state index contributed by atoms with van der Waals surface area (Å²) in [6, 6.07) is 11.4. The summed E-state index contributed by atoms with van der Waals surface area (Å²) in [7, 11) is 0. The Morgan fingerprint density at radius 3 is 2.90 bits per heavy atom. The maximum Gasteiger partial charge on any atom is 0.349 e. The fourth-order valence-corrected chi connectivity index (χ4v) is 2.31. The highest BCUT2D eigenvalue weighted by molar-refractivity contribution is 5.20. The van der Waals surface area contributed by atoms with Gasteiger partial charge in [-0.05, 0) is 31.0 Å². The molecule has 0 bridgehead atoms. The van der Waals surface area contributed by atoms with Crippen molar-refractivity contribution in [2.75, 3.05) is 6.61 Å². The van der Waals surface area contributed by atoms with Gasteiger partial charge in [0.25, 0.3) is 0 Å². The van der Waals surface area contributed by atoms with Crippen molar-refractivity contribution in [3.8, 4) is 5.75 Å². The summed E-state index contributed by atoms with van der Waals surface area (Å²) in [6.07, 6.45) is 4.64. The maximum absolute atomic E-state index is 11.6. The van der Waals surface area contributed by atoms with Crippen LogP contribution in [-0.4, -0.2) is 22.3 Å². The molecule has 0 N–H and O–H groups in total. The number of nitrogens with zero attached hydrogens (tertiary/aromatic N) is 2. The van der Waals surface area contributed by atoms with Crippen LogP contribution >= 0.6 is 0 Å². The highest BCUT2D eigenvalue weighted by Gasteiger charge is 2.27. The quantitative estimate of drug-likeness (QED) is 0.854. The molecular weight excluding hydrogens is 256 g/mol. The first kappa shape index (κ1) is 12.9. The first-order valence-corrected chi connectivity index (χ1v) is 6.69. The Bertz CT molecular complexity index is 612. The third-order valence-electron chi connectivity index (χ3n) is 3.31. The van der Waals surface area contributed by atoms with Crippen LogP contribution in [0.15, 0.2) is 53.6 Å². The average Bonchev–Trinajstić information content (AvgIpc) is 2.95. The Labute approximate surface area is 116 Å². The maximum atomic E-state index is 11.6. The van der Waals surface area contributed by atoms with Gasteiger partial charge in [0.05, 0.1) is 6.10 Å².